The van der Waals surface area contributed by atoms with Crippen molar-refractivity contribution in [3.8, 4) is 0 Å². The Balaban J connectivity index is 2.25. The molecule has 3 N–H and O–H groups in total. The van der Waals surface area contributed by atoms with E-state index >= 15 is 0 Å². The molecular formula is C15H24N2S. The number of unbranched alkanes of at least 4 members (excludes halogenated alkanes) is 5. The molecule has 0 fully saturated rings. The van der Waals surface area contributed by atoms with E-state index in [2.05, 4.69) is 12.2 Å². The maximum Gasteiger partial charge on any atom is 0.106 e. The van der Waals surface area contributed by atoms with Gasteiger partial charge in [0.15, 0.2) is 0 Å². The predicted octanol–water partition coefficient (Wildman–Crippen LogP) is 4.09. The molecule has 1 rings (SSSR count). The number of thiocarbonyl (C=S) groups is 1. The number of rotatable bonds is 9. The van der Waals surface area contributed by atoms with Crippen LogP contribution < -0.4 is 11.1 Å². The van der Waals surface area contributed by atoms with E-state index in [9.17, 15) is 0 Å². The summed E-state index contributed by atoms with van der Waals surface area (Å²) in [6, 6.07) is 7.97. The predicted molar refractivity (Wildman–Crippen MR) is 84.2 cm³/mol. The Morgan fingerprint density at radius 2 is 1.78 bits per heavy atom. The standard InChI is InChI=1S/C15H24N2S/c1-2-3-4-5-6-9-12-17-14-11-8-7-10-13(14)15(16)18/h7-8,10-11,17H,2-6,9,12H2,1H3,(H2,16,18). The number of benzene rings is 1. The molecule has 0 saturated heterocycles. The molecule has 1 aromatic rings. The molecule has 0 aliphatic heterocycles. The molecular weight excluding hydrogens is 240 g/mol. The third-order valence-electron chi connectivity index (χ3n) is 3.04. The molecule has 0 radical (unpaired) electrons. The zero-order chi connectivity index (χ0) is 13.2. The van der Waals surface area contributed by atoms with Crippen molar-refractivity contribution >= 4 is 22.9 Å². The summed E-state index contributed by atoms with van der Waals surface area (Å²) < 4.78 is 0. The first-order chi connectivity index (χ1) is 8.75. The van der Waals surface area contributed by atoms with Crippen molar-refractivity contribution in [2.24, 2.45) is 5.73 Å². The second-order valence-electron chi connectivity index (χ2n) is 4.60. The van der Waals surface area contributed by atoms with Crippen LogP contribution in [0.1, 0.15) is 51.0 Å². The van der Waals surface area contributed by atoms with Gasteiger partial charge in [-0.05, 0) is 18.6 Å². The molecule has 2 nitrogen and oxygen atoms in total. The summed E-state index contributed by atoms with van der Waals surface area (Å²) in [5.74, 6) is 0. The summed E-state index contributed by atoms with van der Waals surface area (Å²) in [5, 5.41) is 3.42. The molecule has 0 aromatic heterocycles. The van der Waals surface area contributed by atoms with E-state index in [1.807, 2.05) is 24.3 Å². The van der Waals surface area contributed by atoms with Crippen molar-refractivity contribution in [1.82, 2.24) is 0 Å². The third kappa shape index (κ3) is 5.50. The summed E-state index contributed by atoms with van der Waals surface area (Å²) in [6.07, 6.45) is 7.86. The van der Waals surface area contributed by atoms with E-state index in [-0.39, 0.29) is 0 Å². The molecule has 0 spiro atoms. The molecule has 0 amide bonds. The molecule has 0 aliphatic rings. The minimum atomic E-state index is 0.459. The smallest absolute Gasteiger partial charge is 0.106 e. The highest BCUT2D eigenvalue weighted by molar-refractivity contribution is 7.80. The minimum absolute atomic E-state index is 0.459. The Kier molecular flexibility index (Phi) is 7.42. The highest BCUT2D eigenvalue weighted by Gasteiger charge is 2.02. The van der Waals surface area contributed by atoms with Crippen LogP contribution in [0.3, 0.4) is 0 Å². The van der Waals surface area contributed by atoms with E-state index in [1.54, 1.807) is 0 Å². The van der Waals surface area contributed by atoms with Crippen LogP contribution in [0.2, 0.25) is 0 Å². The van der Waals surface area contributed by atoms with Crippen molar-refractivity contribution in [3.05, 3.63) is 29.8 Å². The monoisotopic (exact) mass is 264 g/mol. The zero-order valence-corrected chi connectivity index (χ0v) is 12.1. The molecule has 18 heavy (non-hydrogen) atoms. The van der Waals surface area contributed by atoms with Gasteiger partial charge < -0.3 is 11.1 Å². The fraction of sp³-hybridized carbons (Fsp3) is 0.533. The van der Waals surface area contributed by atoms with Crippen molar-refractivity contribution in [2.45, 2.75) is 45.4 Å². The van der Waals surface area contributed by atoms with Crippen LogP contribution in [0.5, 0.6) is 0 Å². The van der Waals surface area contributed by atoms with Crippen molar-refractivity contribution in [3.63, 3.8) is 0 Å². The van der Waals surface area contributed by atoms with Crippen molar-refractivity contribution in [1.29, 1.82) is 0 Å². The summed E-state index contributed by atoms with van der Waals surface area (Å²) in [5.41, 5.74) is 7.69. The third-order valence-corrected chi connectivity index (χ3v) is 3.26. The van der Waals surface area contributed by atoms with Crippen molar-refractivity contribution < 1.29 is 0 Å². The Morgan fingerprint density at radius 3 is 2.50 bits per heavy atom. The second-order valence-corrected chi connectivity index (χ2v) is 5.04. The molecule has 0 saturated carbocycles. The number of para-hydroxylation sites is 1. The van der Waals surface area contributed by atoms with Gasteiger partial charge in [-0.25, -0.2) is 0 Å². The quantitative estimate of drug-likeness (QED) is 0.521. The molecule has 100 valence electrons. The van der Waals surface area contributed by atoms with Crippen LogP contribution >= 0.6 is 12.2 Å². The Morgan fingerprint density at radius 1 is 1.11 bits per heavy atom. The molecule has 0 bridgehead atoms. The van der Waals surface area contributed by atoms with Crippen LogP contribution in [0.4, 0.5) is 5.69 Å². The number of anilines is 1. The highest BCUT2D eigenvalue weighted by atomic mass is 32.1. The molecule has 0 unspecified atom stereocenters. The topological polar surface area (TPSA) is 38.0 Å². The summed E-state index contributed by atoms with van der Waals surface area (Å²) in [6.45, 7) is 3.24. The van der Waals surface area contributed by atoms with Gasteiger partial charge in [0, 0.05) is 17.8 Å². The fourth-order valence-electron chi connectivity index (χ4n) is 1.98. The van der Waals surface area contributed by atoms with E-state index < -0.39 is 0 Å². The van der Waals surface area contributed by atoms with Gasteiger partial charge in [-0.2, -0.15) is 0 Å². The summed E-state index contributed by atoms with van der Waals surface area (Å²) in [7, 11) is 0. The lowest BCUT2D eigenvalue weighted by Crippen LogP contribution is -2.13. The van der Waals surface area contributed by atoms with E-state index in [1.165, 1.54) is 38.5 Å². The average Bonchev–Trinajstić information content (AvgIpc) is 2.38. The fourth-order valence-corrected chi connectivity index (χ4v) is 2.16. The van der Waals surface area contributed by atoms with Crippen LogP contribution in [0, 0.1) is 0 Å². The highest BCUT2D eigenvalue weighted by Crippen LogP contribution is 2.15. The molecule has 3 heteroatoms. The first-order valence-electron chi connectivity index (χ1n) is 6.88. The maximum absolute atomic E-state index is 5.69. The first-order valence-corrected chi connectivity index (χ1v) is 7.29. The molecule has 0 atom stereocenters. The zero-order valence-electron chi connectivity index (χ0n) is 11.2. The van der Waals surface area contributed by atoms with Crippen LogP contribution in [-0.4, -0.2) is 11.5 Å². The van der Waals surface area contributed by atoms with Gasteiger partial charge in [0.1, 0.15) is 4.99 Å². The van der Waals surface area contributed by atoms with Gasteiger partial charge in [0.25, 0.3) is 0 Å². The lowest BCUT2D eigenvalue weighted by molar-refractivity contribution is 0.617. The van der Waals surface area contributed by atoms with Gasteiger partial charge in [0.05, 0.1) is 0 Å². The van der Waals surface area contributed by atoms with Gasteiger partial charge in [-0.15, -0.1) is 0 Å². The number of hydrogen-bond donors (Lipinski definition) is 2. The number of hydrogen-bond acceptors (Lipinski definition) is 2. The van der Waals surface area contributed by atoms with Crippen molar-refractivity contribution in [2.75, 3.05) is 11.9 Å². The maximum atomic E-state index is 5.69. The Bertz CT molecular complexity index is 363. The van der Waals surface area contributed by atoms with E-state index in [0.29, 0.717) is 4.99 Å². The molecule has 0 heterocycles. The lowest BCUT2D eigenvalue weighted by Gasteiger charge is -2.10. The molecule has 0 aliphatic carbocycles. The Hall–Kier alpha value is -1.09. The summed E-state index contributed by atoms with van der Waals surface area (Å²) in [4.78, 5) is 0.459. The normalized spacial score (nSPS) is 10.3. The van der Waals surface area contributed by atoms with Gasteiger partial charge >= 0.3 is 0 Å². The SMILES string of the molecule is CCCCCCCCNc1ccccc1C(N)=S. The number of nitrogens with one attached hydrogen (secondary N) is 1. The number of nitrogens with two attached hydrogens (primary N) is 1. The van der Waals surface area contributed by atoms with Crippen LogP contribution in [0.15, 0.2) is 24.3 Å². The van der Waals surface area contributed by atoms with Crippen LogP contribution in [-0.2, 0) is 0 Å². The van der Waals surface area contributed by atoms with Crippen LogP contribution in [0.25, 0.3) is 0 Å². The van der Waals surface area contributed by atoms with Gasteiger partial charge in [-0.3, -0.25) is 0 Å². The van der Waals surface area contributed by atoms with E-state index in [0.717, 1.165) is 17.8 Å². The average molecular weight is 264 g/mol. The second kappa shape index (κ2) is 8.92. The van der Waals surface area contributed by atoms with Gasteiger partial charge in [-0.1, -0.05) is 63.4 Å². The van der Waals surface area contributed by atoms with Gasteiger partial charge in [0.2, 0.25) is 0 Å². The minimum Gasteiger partial charge on any atom is -0.389 e. The molecule has 1 aromatic carbocycles. The largest absolute Gasteiger partial charge is 0.389 e. The van der Waals surface area contributed by atoms with E-state index in [4.69, 9.17) is 18.0 Å². The Labute approximate surface area is 116 Å². The summed E-state index contributed by atoms with van der Waals surface area (Å²) >= 11 is 5.04. The first kappa shape index (κ1) is 15.0. The lowest BCUT2D eigenvalue weighted by atomic mass is 10.1.